The van der Waals surface area contributed by atoms with E-state index in [4.69, 9.17) is 16.9 Å². The molecule has 0 radical (unpaired) electrons. The lowest BCUT2D eigenvalue weighted by Gasteiger charge is -2.00. The van der Waals surface area contributed by atoms with Crippen LogP contribution in [0.2, 0.25) is 0 Å². The summed E-state index contributed by atoms with van der Waals surface area (Å²) in [5.41, 5.74) is 11.0. The van der Waals surface area contributed by atoms with Crippen LogP contribution < -0.4 is 16.8 Å². The van der Waals surface area contributed by atoms with Gasteiger partial charge < -0.3 is 16.8 Å². The molecule has 0 saturated heterocycles. The van der Waals surface area contributed by atoms with Crippen LogP contribution in [0.25, 0.3) is 0 Å². The largest absolute Gasteiger partial charge is 0.370 e. The standard InChI is InChI=1S/C8H12N6OS2/c1-4-2-17-8(12-4)13-5(15)3-16-7(11)14-6(9)10/h2H,3H2,1H3,(H,12,13,15)(H5,9,10,11,14). The monoisotopic (exact) mass is 272 g/mol. The van der Waals surface area contributed by atoms with Crippen molar-refractivity contribution in [2.45, 2.75) is 6.92 Å². The van der Waals surface area contributed by atoms with Crippen LogP contribution >= 0.6 is 23.1 Å². The predicted molar refractivity (Wildman–Crippen MR) is 71.5 cm³/mol. The van der Waals surface area contributed by atoms with Crippen molar-refractivity contribution in [1.29, 1.82) is 5.41 Å². The van der Waals surface area contributed by atoms with Crippen molar-refractivity contribution in [1.82, 2.24) is 4.98 Å². The Morgan fingerprint density at radius 2 is 2.41 bits per heavy atom. The summed E-state index contributed by atoms with van der Waals surface area (Å²) in [6.45, 7) is 1.84. The van der Waals surface area contributed by atoms with Crippen LogP contribution in [-0.2, 0) is 4.79 Å². The Morgan fingerprint density at radius 1 is 1.71 bits per heavy atom. The summed E-state index contributed by atoms with van der Waals surface area (Å²) in [5, 5.41) is 12.2. The molecular formula is C8H12N6OS2. The Morgan fingerprint density at radius 3 is 2.94 bits per heavy atom. The number of aromatic nitrogens is 1. The van der Waals surface area contributed by atoms with Crippen molar-refractivity contribution in [2.75, 3.05) is 11.1 Å². The normalized spacial score (nSPS) is 9.71. The second-order valence-corrected chi connectivity index (χ2v) is 4.79. The summed E-state index contributed by atoms with van der Waals surface area (Å²) in [4.78, 5) is 19.0. The SMILES string of the molecule is Cc1csc(NC(=O)CSC(=N)N=C(N)N)n1. The van der Waals surface area contributed by atoms with Crippen molar-refractivity contribution < 1.29 is 4.79 Å². The van der Waals surface area contributed by atoms with Gasteiger partial charge in [0.1, 0.15) is 0 Å². The van der Waals surface area contributed by atoms with Gasteiger partial charge in [-0.2, -0.15) is 4.99 Å². The highest BCUT2D eigenvalue weighted by Crippen LogP contribution is 2.14. The average molecular weight is 272 g/mol. The molecule has 9 heteroatoms. The minimum Gasteiger partial charge on any atom is -0.370 e. The first-order valence-corrected chi connectivity index (χ1v) is 6.37. The average Bonchev–Trinajstić information content (AvgIpc) is 2.60. The van der Waals surface area contributed by atoms with Crippen molar-refractivity contribution in [3.8, 4) is 0 Å². The Bertz CT molecular complexity index is 451. The molecule has 0 aliphatic heterocycles. The number of amides is 1. The smallest absolute Gasteiger partial charge is 0.236 e. The lowest BCUT2D eigenvalue weighted by atomic mass is 10.6. The van der Waals surface area contributed by atoms with Gasteiger partial charge in [-0.3, -0.25) is 10.2 Å². The van der Waals surface area contributed by atoms with E-state index in [1.54, 1.807) is 0 Å². The van der Waals surface area contributed by atoms with Gasteiger partial charge in [-0.1, -0.05) is 11.8 Å². The molecule has 1 amide bonds. The number of carbonyl (C=O) groups excluding carboxylic acids is 1. The van der Waals surface area contributed by atoms with Crippen molar-refractivity contribution in [2.24, 2.45) is 16.5 Å². The number of nitrogens with one attached hydrogen (secondary N) is 2. The van der Waals surface area contributed by atoms with Crippen LogP contribution in [0.1, 0.15) is 5.69 Å². The van der Waals surface area contributed by atoms with Gasteiger partial charge >= 0.3 is 0 Å². The minimum atomic E-state index is -0.250. The van der Waals surface area contributed by atoms with E-state index in [0.717, 1.165) is 17.5 Å². The summed E-state index contributed by atoms with van der Waals surface area (Å²) in [6, 6.07) is 0. The zero-order chi connectivity index (χ0) is 12.8. The first-order valence-electron chi connectivity index (χ1n) is 4.50. The van der Waals surface area contributed by atoms with Crippen LogP contribution in [0.4, 0.5) is 5.13 Å². The maximum Gasteiger partial charge on any atom is 0.236 e. The quantitative estimate of drug-likeness (QED) is 0.465. The molecule has 0 saturated carbocycles. The number of thioether (sulfide) groups is 1. The molecule has 0 aromatic carbocycles. The Hall–Kier alpha value is -1.61. The zero-order valence-electron chi connectivity index (χ0n) is 9.06. The number of nitrogens with two attached hydrogens (primary N) is 2. The van der Waals surface area contributed by atoms with Gasteiger partial charge in [0.15, 0.2) is 16.3 Å². The summed E-state index contributed by atoms with van der Waals surface area (Å²) < 4.78 is 0. The lowest BCUT2D eigenvalue weighted by Crippen LogP contribution is -2.24. The molecule has 0 aliphatic rings. The summed E-state index contributed by atoms with van der Waals surface area (Å²) in [6.07, 6.45) is 0. The molecule has 1 aromatic heterocycles. The van der Waals surface area contributed by atoms with Gasteiger partial charge in [0.25, 0.3) is 0 Å². The van der Waals surface area contributed by atoms with Crippen LogP contribution in [0.15, 0.2) is 10.4 Å². The van der Waals surface area contributed by atoms with E-state index in [1.807, 2.05) is 12.3 Å². The number of aliphatic imine (C=N–C) groups is 1. The van der Waals surface area contributed by atoms with Gasteiger partial charge in [0.2, 0.25) is 5.91 Å². The second kappa shape index (κ2) is 6.21. The molecule has 17 heavy (non-hydrogen) atoms. The third-order valence-corrected chi connectivity index (χ3v) is 3.08. The van der Waals surface area contributed by atoms with E-state index in [0.29, 0.717) is 5.13 Å². The molecule has 0 fully saturated rings. The van der Waals surface area contributed by atoms with E-state index in [2.05, 4.69) is 15.3 Å². The molecular weight excluding hydrogens is 260 g/mol. The first kappa shape index (κ1) is 13.5. The first-order chi connectivity index (χ1) is 7.97. The molecule has 0 atom stereocenters. The molecule has 7 nitrogen and oxygen atoms in total. The number of anilines is 1. The van der Waals surface area contributed by atoms with E-state index in [9.17, 15) is 4.79 Å². The molecule has 92 valence electrons. The summed E-state index contributed by atoms with van der Waals surface area (Å²) >= 11 is 2.29. The number of rotatable bonds is 3. The van der Waals surface area contributed by atoms with Gasteiger partial charge in [-0.15, -0.1) is 11.3 Å². The molecule has 1 aromatic rings. The van der Waals surface area contributed by atoms with Gasteiger partial charge in [0.05, 0.1) is 11.4 Å². The van der Waals surface area contributed by atoms with Crippen LogP contribution in [0.3, 0.4) is 0 Å². The van der Waals surface area contributed by atoms with Crippen molar-refractivity contribution in [3.63, 3.8) is 0 Å². The topological polar surface area (TPSA) is 130 Å². The van der Waals surface area contributed by atoms with Crippen LogP contribution in [0, 0.1) is 12.3 Å². The number of carbonyl (C=O) groups is 1. The molecule has 1 rings (SSSR count). The summed E-state index contributed by atoms with van der Waals surface area (Å²) in [5.74, 6) is -0.382. The Kier molecular flexibility index (Phi) is 4.91. The maximum atomic E-state index is 11.4. The highest BCUT2D eigenvalue weighted by atomic mass is 32.2. The molecule has 0 aliphatic carbocycles. The zero-order valence-corrected chi connectivity index (χ0v) is 10.7. The molecule has 0 unspecified atom stereocenters. The van der Waals surface area contributed by atoms with E-state index < -0.39 is 0 Å². The minimum absolute atomic E-state index is 0.0637. The number of hydrogen-bond donors (Lipinski definition) is 4. The Balaban J connectivity index is 2.36. The van der Waals surface area contributed by atoms with E-state index in [-0.39, 0.29) is 22.8 Å². The third kappa shape index (κ3) is 5.31. The van der Waals surface area contributed by atoms with Crippen LogP contribution in [0.5, 0.6) is 0 Å². The van der Waals surface area contributed by atoms with Gasteiger partial charge in [-0.05, 0) is 6.92 Å². The highest BCUT2D eigenvalue weighted by molar-refractivity contribution is 8.14. The number of amidine groups is 1. The van der Waals surface area contributed by atoms with E-state index >= 15 is 0 Å². The van der Waals surface area contributed by atoms with Gasteiger partial charge in [-0.25, -0.2) is 4.98 Å². The number of aryl methyl sites for hydroxylation is 1. The number of guanidine groups is 1. The lowest BCUT2D eigenvalue weighted by molar-refractivity contribution is -0.113. The number of hydrogen-bond acceptors (Lipinski definition) is 5. The second-order valence-electron chi connectivity index (χ2n) is 2.97. The Labute approximate surface area is 106 Å². The van der Waals surface area contributed by atoms with Crippen molar-refractivity contribution >= 4 is 45.3 Å². The number of thiazole rings is 1. The fraction of sp³-hybridized carbons (Fsp3) is 0.250. The molecule has 0 spiro atoms. The van der Waals surface area contributed by atoms with Crippen LogP contribution in [-0.4, -0.2) is 27.8 Å². The van der Waals surface area contributed by atoms with E-state index in [1.165, 1.54) is 11.3 Å². The third-order valence-electron chi connectivity index (χ3n) is 1.44. The fourth-order valence-corrected chi connectivity index (χ4v) is 2.06. The molecule has 0 bridgehead atoms. The predicted octanol–water partition coefficient (Wildman–Crippen LogP) is 0.331. The highest BCUT2D eigenvalue weighted by Gasteiger charge is 2.07. The maximum absolute atomic E-state index is 11.4. The van der Waals surface area contributed by atoms with Gasteiger partial charge in [0, 0.05) is 5.38 Å². The van der Waals surface area contributed by atoms with Crippen molar-refractivity contribution in [3.05, 3.63) is 11.1 Å². The molecule has 6 N–H and O–H groups in total. The summed E-state index contributed by atoms with van der Waals surface area (Å²) in [7, 11) is 0. The molecule has 1 heterocycles. The number of nitrogens with zero attached hydrogens (tertiary/aromatic N) is 2. The fourth-order valence-electron chi connectivity index (χ4n) is 0.850.